The molecular formula is C14H17BrN2. The van der Waals surface area contributed by atoms with Crippen LogP contribution in [0.15, 0.2) is 29.0 Å². The van der Waals surface area contributed by atoms with Gasteiger partial charge in [-0.3, -0.25) is 4.98 Å². The molecule has 90 valence electrons. The van der Waals surface area contributed by atoms with Crippen LogP contribution in [0.3, 0.4) is 0 Å². The van der Waals surface area contributed by atoms with Crippen molar-refractivity contribution in [2.45, 2.75) is 19.3 Å². The topological polar surface area (TPSA) is 24.9 Å². The van der Waals surface area contributed by atoms with Crippen LogP contribution in [-0.4, -0.2) is 18.1 Å². The Kier molecular flexibility index (Phi) is 3.30. The molecule has 0 bridgehead atoms. The average Bonchev–Trinajstić information content (AvgIpc) is 2.38. The molecule has 1 N–H and O–H groups in total. The summed E-state index contributed by atoms with van der Waals surface area (Å²) in [6.45, 7) is 2.38. The highest BCUT2D eigenvalue weighted by Crippen LogP contribution is 2.37. The Hall–Kier alpha value is -0.670. The van der Waals surface area contributed by atoms with Crippen LogP contribution >= 0.6 is 15.9 Å². The molecule has 2 aliphatic rings. The Morgan fingerprint density at radius 2 is 2.24 bits per heavy atom. The Labute approximate surface area is 111 Å². The normalized spacial score (nSPS) is 28.4. The number of halogens is 1. The van der Waals surface area contributed by atoms with Crippen LogP contribution in [0.5, 0.6) is 0 Å². The molecule has 0 unspecified atom stereocenters. The number of hydrogen-bond acceptors (Lipinski definition) is 2. The summed E-state index contributed by atoms with van der Waals surface area (Å²) in [5, 5.41) is 3.52. The van der Waals surface area contributed by atoms with Crippen molar-refractivity contribution in [3.05, 3.63) is 34.6 Å². The first-order valence-corrected chi connectivity index (χ1v) is 7.13. The number of allylic oxidation sites excluding steroid dienone is 2. The molecule has 0 radical (unpaired) electrons. The zero-order valence-corrected chi connectivity index (χ0v) is 11.4. The fourth-order valence-electron chi connectivity index (χ4n) is 3.01. The second-order valence-corrected chi connectivity index (χ2v) is 5.99. The lowest BCUT2D eigenvalue weighted by Gasteiger charge is -2.35. The maximum Gasteiger partial charge on any atom is 0.0410 e. The van der Waals surface area contributed by atoms with Crippen LogP contribution in [-0.2, 0) is 0 Å². The number of hydrogen-bond donors (Lipinski definition) is 1. The van der Waals surface area contributed by atoms with Gasteiger partial charge in [0.25, 0.3) is 0 Å². The predicted octanol–water partition coefficient (Wildman–Crippen LogP) is 3.25. The maximum atomic E-state index is 4.26. The summed E-state index contributed by atoms with van der Waals surface area (Å²) in [6.07, 6.45) is 10.0. The first kappa shape index (κ1) is 11.4. The highest BCUT2D eigenvalue weighted by atomic mass is 79.9. The summed E-state index contributed by atoms with van der Waals surface area (Å²) in [7, 11) is 0. The molecule has 1 aromatic rings. The molecule has 1 saturated heterocycles. The quantitative estimate of drug-likeness (QED) is 0.859. The first-order chi connectivity index (χ1) is 8.33. The van der Waals surface area contributed by atoms with E-state index < -0.39 is 0 Å². The van der Waals surface area contributed by atoms with Crippen molar-refractivity contribution in [3.63, 3.8) is 0 Å². The van der Waals surface area contributed by atoms with Gasteiger partial charge in [0.15, 0.2) is 0 Å². The molecule has 1 aliphatic carbocycles. The van der Waals surface area contributed by atoms with Gasteiger partial charge in [-0.1, -0.05) is 6.08 Å². The molecular weight excluding hydrogens is 276 g/mol. The van der Waals surface area contributed by atoms with Gasteiger partial charge < -0.3 is 5.32 Å². The van der Waals surface area contributed by atoms with Crippen molar-refractivity contribution in [2.24, 2.45) is 11.8 Å². The van der Waals surface area contributed by atoms with Crippen LogP contribution in [0.1, 0.15) is 24.8 Å². The van der Waals surface area contributed by atoms with Gasteiger partial charge in [-0.25, -0.2) is 0 Å². The van der Waals surface area contributed by atoms with Crippen LogP contribution < -0.4 is 5.32 Å². The molecule has 17 heavy (non-hydrogen) atoms. The Balaban J connectivity index is 1.82. The van der Waals surface area contributed by atoms with E-state index in [1.165, 1.54) is 43.5 Å². The number of pyridine rings is 1. The van der Waals surface area contributed by atoms with Crippen molar-refractivity contribution < 1.29 is 0 Å². The minimum atomic E-state index is 0.822. The monoisotopic (exact) mass is 292 g/mol. The van der Waals surface area contributed by atoms with Gasteiger partial charge in [0.05, 0.1) is 0 Å². The lowest BCUT2D eigenvalue weighted by molar-refractivity contribution is 0.252. The molecule has 2 nitrogen and oxygen atoms in total. The molecule has 2 atom stereocenters. The summed E-state index contributed by atoms with van der Waals surface area (Å²) in [6, 6.07) is 2.18. The highest BCUT2D eigenvalue weighted by molar-refractivity contribution is 9.10. The summed E-state index contributed by atoms with van der Waals surface area (Å²) < 4.78 is 1.07. The van der Waals surface area contributed by atoms with Gasteiger partial charge in [0.2, 0.25) is 0 Å². The first-order valence-electron chi connectivity index (χ1n) is 6.33. The third kappa shape index (κ3) is 2.45. The molecule has 3 rings (SSSR count). The van der Waals surface area contributed by atoms with E-state index in [1.54, 1.807) is 0 Å². The maximum absolute atomic E-state index is 4.26. The van der Waals surface area contributed by atoms with E-state index in [4.69, 9.17) is 0 Å². The second-order valence-electron chi connectivity index (χ2n) is 5.07. The summed E-state index contributed by atoms with van der Waals surface area (Å²) in [5.74, 6) is 1.72. The Morgan fingerprint density at radius 1 is 1.29 bits per heavy atom. The van der Waals surface area contributed by atoms with Crippen LogP contribution in [0, 0.1) is 11.8 Å². The number of nitrogens with zero attached hydrogens (tertiary/aromatic N) is 1. The number of piperidine rings is 1. The van der Waals surface area contributed by atoms with E-state index in [9.17, 15) is 0 Å². The Bertz CT molecular complexity index is 442. The van der Waals surface area contributed by atoms with Crippen molar-refractivity contribution in [3.8, 4) is 0 Å². The fraction of sp³-hybridized carbons (Fsp3) is 0.500. The molecule has 0 spiro atoms. The molecule has 1 aromatic heterocycles. The van der Waals surface area contributed by atoms with Gasteiger partial charge in [-0.05, 0) is 77.3 Å². The van der Waals surface area contributed by atoms with Crippen LogP contribution in [0.2, 0.25) is 0 Å². The van der Waals surface area contributed by atoms with E-state index >= 15 is 0 Å². The van der Waals surface area contributed by atoms with E-state index in [0.29, 0.717) is 0 Å². The number of fused-ring (bicyclic) bond motifs is 1. The van der Waals surface area contributed by atoms with Crippen LogP contribution in [0.4, 0.5) is 0 Å². The SMILES string of the molecule is Brc1cncc(C2=CC[C@H]3CCNC[C@H]3C2)c1. The van der Waals surface area contributed by atoms with Gasteiger partial charge in [0.1, 0.15) is 0 Å². The second kappa shape index (κ2) is 4.91. The third-order valence-corrected chi connectivity index (χ3v) is 4.42. The number of rotatable bonds is 1. The minimum Gasteiger partial charge on any atom is -0.316 e. The average molecular weight is 293 g/mol. The lowest BCUT2D eigenvalue weighted by atomic mass is 9.75. The molecule has 3 heteroatoms. The fourth-order valence-corrected chi connectivity index (χ4v) is 3.37. The minimum absolute atomic E-state index is 0.822. The summed E-state index contributed by atoms with van der Waals surface area (Å²) in [4.78, 5) is 4.26. The van der Waals surface area contributed by atoms with E-state index in [0.717, 1.165) is 16.3 Å². The predicted molar refractivity (Wildman–Crippen MR) is 73.6 cm³/mol. The van der Waals surface area contributed by atoms with E-state index in [-0.39, 0.29) is 0 Å². The largest absolute Gasteiger partial charge is 0.316 e. The molecule has 2 heterocycles. The highest BCUT2D eigenvalue weighted by Gasteiger charge is 2.28. The van der Waals surface area contributed by atoms with Crippen molar-refractivity contribution in [1.82, 2.24) is 10.3 Å². The Morgan fingerprint density at radius 3 is 3.12 bits per heavy atom. The van der Waals surface area contributed by atoms with Crippen molar-refractivity contribution >= 4 is 21.5 Å². The molecule has 1 aliphatic heterocycles. The smallest absolute Gasteiger partial charge is 0.0410 e. The van der Waals surface area contributed by atoms with Gasteiger partial charge in [-0.2, -0.15) is 0 Å². The van der Waals surface area contributed by atoms with Crippen molar-refractivity contribution in [1.29, 1.82) is 0 Å². The zero-order chi connectivity index (χ0) is 11.7. The van der Waals surface area contributed by atoms with Crippen molar-refractivity contribution in [2.75, 3.05) is 13.1 Å². The van der Waals surface area contributed by atoms with E-state index in [1.807, 2.05) is 12.4 Å². The molecule has 0 amide bonds. The third-order valence-electron chi connectivity index (χ3n) is 3.99. The van der Waals surface area contributed by atoms with Gasteiger partial charge in [-0.15, -0.1) is 0 Å². The number of aromatic nitrogens is 1. The molecule has 1 fully saturated rings. The van der Waals surface area contributed by atoms with Gasteiger partial charge >= 0.3 is 0 Å². The molecule has 0 aromatic carbocycles. The lowest BCUT2D eigenvalue weighted by Crippen LogP contribution is -2.37. The standard InChI is InChI=1S/C14H17BrN2/c15-14-6-13(8-17-9-14)11-2-1-10-3-4-16-7-12(10)5-11/h2,6,8-10,12,16H,1,3-5,7H2/t10-,12+/m0/s1. The van der Waals surface area contributed by atoms with Gasteiger partial charge in [0, 0.05) is 16.9 Å². The molecule has 0 saturated carbocycles. The van der Waals surface area contributed by atoms with Crippen LogP contribution in [0.25, 0.3) is 5.57 Å². The van der Waals surface area contributed by atoms with E-state index in [2.05, 4.69) is 38.4 Å². The summed E-state index contributed by atoms with van der Waals surface area (Å²) in [5.41, 5.74) is 2.76. The summed E-state index contributed by atoms with van der Waals surface area (Å²) >= 11 is 3.50. The number of nitrogens with one attached hydrogen (secondary N) is 1. The zero-order valence-electron chi connectivity index (χ0n) is 9.82.